The van der Waals surface area contributed by atoms with Crippen molar-refractivity contribution in [3.63, 3.8) is 0 Å². The first-order valence-electron chi connectivity index (χ1n) is 8.85. The van der Waals surface area contributed by atoms with Crippen LogP contribution in [0, 0.1) is 0 Å². The molecule has 0 aliphatic rings. The van der Waals surface area contributed by atoms with E-state index in [0.29, 0.717) is 12.2 Å². The molecule has 6 nitrogen and oxygen atoms in total. The number of rotatable bonds is 8. The highest BCUT2D eigenvalue weighted by atomic mass is 16.2. The number of benzene rings is 1. The molecule has 3 N–H and O–H groups in total. The molecule has 6 heteroatoms. The molecule has 136 valence electrons. The molecule has 1 unspecified atom stereocenters. The Morgan fingerprint density at radius 1 is 1.16 bits per heavy atom. The minimum atomic E-state index is -0.407. The molecule has 0 saturated carbocycles. The third-order valence-electron chi connectivity index (χ3n) is 4.40. The molecule has 0 bridgehead atoms. The molecule has 1 heterocycles. The number of nitrogens with one attached hydrogen (secondary N) is 1. The van der Waals surface area contributed by atoms with Crippen molar-refractivity contribution in [2.75, 3.05) is 11.1 Å². The van der Waals surface area contributed by atoms with Crippen LogP contribution in [0.1, 0.15) is 45.1 Å². The molecule has 0 aliphatic heterocycles. The van der Waals surface area contributed by atoms with E-state index in [1.807, 2.05) is 37.3 Å². The van der Waals surface area contributed by atoms with E-state index in [0.717, 1.165) is 35.8 Å². The third kappa shape index (κ3) is 4.53. The van der Waals surface area contributed by atoms with Crippen LogP contribution in [-0.2, 0) is 13.6 Å². The van der Waals surface area contributed by atoms with Crippen molar-refractivity contribution in [1.82, 2.24) is 9.13 Å². The maximum absolute atomic E-state index is 12.5. The van der Waals surface area contributed by atoms with Gasteiger partial charge in [0.05, 0.1) is 6.54 Å². The van der Waals surface area contributed by atoms with Gasteiger partial charge < -0.3 is 11.1 Å². The zero-order chi connectivity index (χ0) is 18.4. The third-order valence-corrected chi connectivity index (χ3v) is 4.40. The lowest BCUT2D eigenvalue weighted by Crippen LogP contribution is -2.41. The summed E-state index contributed by atoms with van der Waals surface area (Å²) in [5, 5.41) is 3.21. The van der Waals surface area contributed by atoms with Crippen LogP contribution in [0.3, 0.4) is 0 Å². The second-order valence-corrected chi connectivity index (χ2v) is 6.52. The van der Waals surface area contributed by atoms with Gasteiger partial charge in [0.25, 0.3) is 5.56 Å². The van der Waals surface area contributed by atoms with Crippen LogP contribution in [0.2, 0.25) is 0 Å². The zero-order valence-corrected chi connectivity index (χ0v) is 15.3. The summed E-state index contributed by atoms with van der Waals surface area (Å²) in [5.74, 6) is 0.194. The van der Waals surface area contributed by atoms with Gasteiger partial charge in [0.2, 0.25) is 0 Å². The molecule has 0 spiro atoms. The largest absolute Gasteiger partial charge is 0.383 e. The predicted molar refractivity (Wildman–Crippen MR) is 103 cm³/mol. The maximum atomic E-state index is 12.5. The molecule has 0 radical (unpaired) electrons. The molecule has 1 aromatic heterocycles. The average Bonchev–Trinajstić information content (AvgIpc) is 2.62. The van der Waals surface area contributed by atoms with Crippen molar-refractivity contribution < 1.29 is 0 Å². The van der Waals surface area contributed by atoms with Crippen LogP contribution in [-0.4, -0.2) is 15.2 Å². The number of nitrogens with two attached hydrogens (primary N) is 1. The second-order valence-electron chi connectivity index (χ2n) is 6.52. The first kappa shape index (κ1) is 18.8. The fraction of sp³-hybridized carbons (Fsp3) is 0.474. The average molecular weight is 344 g/mol. The van der Waals surface area contributed by atoms with Crippen LogP contribution < -0.4 is 22.3 Å². The summed E-state index contributed by atoms with van der Waals surface area (Å²) < 4.78 is 2.55. The number of anilines is 2. The molecule has 0 aliphatic carbocycles. The van der Waals surface area contributed by atoms with E-state index in [4.69, 9.17) is 5.73 Å². The van der Waals surface area contributed by atoms with Crippen molar-refractivity contribution in [1.29, 1.82) is 0 Å². The SMILES string of the molecule is CCCCCC(C)Nc1c(N)n(Cc2ccccc2)c(=O)n(C)c1=O. The Labute approximate surface area is 148 Å². The topological polar surface area (TPSA) is 82.0 Å². The number of hydrogen-bond acceptors (Lipinski definition) is 4. The summed E-state index contributed by atoms with van der Waals surface area (Å²) in [6.07, 6.45) is 4.36. The van der Waals surface area contributed by atoms with Crippen LogP contribution in [0.5, 0.6) is 0 Å². The minimum absolute atomic E-state index is 0.115. The normalized spacial score (nSPS) is 12.1. The van der Waals surface area contributed by atoms with Gasteiger partial charge in [-0.1, -0.05) is 56.5 Å². The molecule has 2 rings (SSSR count). The first-order valence-corrected chi connectivity index (χ1v) is 8.85. The molecular formula is C19H28N4O2. The van der Waals surface area contributed by atoms with Crippen LogP contribution >= 0.6 is 0 Å². The van der Waals surface area contributed by atoms with Gasteiger partial charge in [-0.25, -0.2) is 4.79 Å². The number of nitrogens with zero attached hydrogens (tertiary/aromatic N) is 2. The van der Waals surface area contributed by atoms with Crippen molar-refractivity contribution in [2.45, 2.75) is 52.1 Å². The fourth-order valence-electron chi connectivity index (χ4n) is 2.86. The fourth-order valence-corrected chi connectivity index (χ4v) is 2.86. The van der Waals surface area contributed by atoms with Gasteiger partial charge >= 0.3 is 5.69 Å². The number of hydrogen-bond donors (Lipinski definition) is 2. The Kier molecular flexibility index (Phi) is 6.44. The van der Waals surface area contributed by atoms with Gasteiger partial charge in [0.15, 0.2) is 0 Å². The second kappa shape index (κ2) is 8.55. The van der Waals surface area contributed by atoms with E-state index < -0.39 is 5.69 Å². The monoisotopic (exact) mass is 344 g/mol. The zero-order valence-electron chi connectivity index (χ0n) is 15.3. The van der Waals surface area contributed by atoms with Crippen molar-refractivity contribution in [3.05, 3.63) is 56.7 Å². The van der Waals surface area contributed by atoms with Crippen molar-refractivity contribution >= 4 is 11.5 Å². The number of nitrogen functional groups attached to an aromatic ring is 1. The van der Waals surface area contributed by atoms with Gasteiger partial charge in [-0.2, -0.15) is 0 Å². The Hall–Kier alpha value is -2.50. The van der Waals surface area contributed by atoms with Crippen LogP contribution in [0.4, 0.5) is 11.5 Å². The van der Waals surface area contributed by atoms with E-state index in [9.17, 15) is 9.59 Å². The summed E-state index contributed by atoms with van der Waals surface area (Å²) in [4.78, 5) is 25.0. The van der Waals surface area contributed by atoms with Crippen LogP contribution in [0.15, 0.2) is 39.9 Å². The van der Waals surface area contributed by atoms with Gasteiger partial charge in [-0.15, -0.1) is 0 Å². The smallest absolute Gasteiger partial charge is 0.332 e. The molecule has 1 aromatic carbocycles. The minimum Gasteiger partial charge on any atom is -0.383 e. The van der Waals surface area contributed by atoms with Gasteiger partial charge in [0, 0.05) is 13.1 Å². The predicted octanol–water partition coefficient (Wildman–Crippen LogP) is 2.56. The molecule has 1 atom stereocenters. The van der Waals surface area contributed by atoms with Crippen LogP contribution in [0.25, 0.3) is 0 Å². The summed E-state index contributed by atoms with van der Waals surface area (Å²) in [7, 11) is 1.48. The number of unbranched alkanes of at least 4 members (excludes halogenated alkanes) is 2. The quantitative estimate of drug-likeness (QED) is 0.721. The standard InChI is InChI=1S/C19H28N4O2/c1-4-5-7-10-14(2)21-16-17(20)23(19(25)22(3)18(16)24)13-15-11-8-6-9-12-15/h6,8-9,11-12,14,21H,4-5,7,10,13,20H2,1-3H3. The van der Waals surface area contributed by atoms with Gasteiger partial charge in [0.1, 0.15) is 11.5 Å². The highest BCUT2D eigenvalue weighted by Crippen LogP contribution is 2.16. The summed E-state index contributed by atoms with van der Waals surface area (Å²) in [6, 6.07) is 9.71. The lowest BCUT2D eigenvalue weighted by atomic mass is 10.1. The van der Waals surface area contributed by atoms with E-state index in [2.05, 4.69) is 12.2 Å². The maximum Gasteiger partial charge on any atom is 0.332 e. The Balaban J connectivity index is 2.34. The Bertz CT molecular complexity index is 809. The lowest BCUT2D eigenvalue weighted by Gasteiger charge is -2.19. The number of aromatic nitrogens is 2. The van der Waals surface area contributed by atoms with Crippen molar-refractivity contribution in [3.8, 4) is 0 Å². The molecule has 25 heavy (non-hydrogen) atoms. The van der Waals surface area contributed by atoms with E-state index >= 15 is 0 Å². The van der Waals surface area contributed by atoms with Crippen molar-refractivity contribution in [2.24, 2.45) is 7.05 Å². The summed E-state index contributed by atoms with van der Waals surface area (Å²) in [5.41, 5.74) is 6.67. The lowest BCUT2D eigenvalue weighted by molar-refractivity contribution is 0.608. The van der Waals surface area contributed by atoms with Gasteiger partial charge in [-0.05, 0) is 18.9 Å². The molecule has 0 fully saturated rings. The van der Waals surface area contributed by atoms with E-state index in [-0.39, 0.29) is 17.4 Å². The molecular weight excluding hydrogens is 316 g/mol. The molecule has 0 saturated heterocycles. The Morgan fingerprint density at radius 2 is 1.84 bits per heavy atom. The highest BCUT2D eigenvalue weighted by molar-refractivity contribution is 5.61. The van der Waals surface area contributed by atoms with Gasteiger partial charge in [-0.3, -0.25) is 13.9 Å². The summed E-state index contributed by atoms with van der Waals surface area (Å²) in [6.45, 7) is 4.52. The molecule has 0 amide bonds. The Morgan fingerprint density at radius 3 is 2.48 bits per heavy atom. The molecule has 2 aromatic rings. The first-order chi connectivity index (χ1) is 12.0. The van der Waals surface area contributed by atoms with E-state index in [1.165, 1.54) is 11.6 Å². The van der Waals surface area contributed by atoms with E-state index in [1.54, 1.807) is 0 Å². The summed E-state index contributed by atoms with van der Waals surface area (Å²) >= 11 is 0. The highest BCUT2D eigenvalue weighted by Gasteiger charge is 2.17.